The molecule has 3 fully saturated rings. The van der Waals surface area contributed by atoms with Crippen LogP contribution in [0.5, 0.6) is 5.75 Å². The molecule has 33 heavy (non-hydrogen) atoms. The molecule has 2 aliphatic heterocycles. The van der Waals surface area contributed by atoms with E-state index in [1.807, 2.05) is 25.7 Å². The van der Waals surface area contributed by atoms with E-state index < -0.39 is 15.4 Å². The number of nitrogens with zero attached hydrogens (tertiary/aromatic N) is 1. The van der Waals surface area contributed by atoms with Crippen LogP contribution < -0.4 is 4.74 Å². The summed E-state index contributed by atoms with van der Waals surface area (Å²) in [5.74, 6) is 0.706. The van der Waals surface area contributed by atoms with Crippen molar-refractivity contribution in [2.24, 2.45) is 0 Å². The lowest BCUT2D eigenvalue weighted by atomic mass is 9.93. The molecule has 2 heterocycles. The van der Waals surface area contributed by atoms with Gasteiger partial charge >= 0.3 is 6.09 Å². The van der Waals surface area contributed by atoms with Crippen molar-refractivity contribution in [1.82, 2.24) is 4.90 Å². The summed E-state index contributed by atoms with van der Waals surface area (Å²) in [6.07, 6.45) is 9.16. The van der Waals surface area contributed by atoms with Crippen LogP contribution in [0.25, 0.3) is 0 Å². The Morgan fingerprint density at radius 2 is 1.42 bits per heavy atom. The first-order chi connectivity index (χ1) is 15.5. The largest absolute Gasteiger partial charge is 0.490 e. The van der Waals surface area contributed by atoms with Crippen LogP contribution in [0.2, 0.25) is 0 Å². The average Bonchev–Trinajstić information content (AvgIpc) is 2.99. The van der Waals surface area contributed by atoms with Gasteiger partial charge < -0.3 is 19.1 Å². The summed E-state index contributed by atoms with van der Waals surface area (Å²) < 4.78 is 41.4. The quantitative estimate of drug-likeness (QED) is 0.607. The van der Waals surface area contributed by atoms with E-state index in [4.69, 9.17) is 14.2 Å². The molecular formula is C25H37NO6S. The van der Waals surface area contributed by atoms with Crippen LogP contribution in [0.1, 0.15) is 72.1 Å². The molecule has 2 atom stereocenters. The van der Waals surface area contributed by atoms with E-state index in [1.54, 1.807) is 24.3 Å². The van der Waals surface area contributed by atoms with E-state index >= 15 is 0 Å². The lowest BCUT2D eigenvalue weighted by Gasteiger charge is -2.41. The second kappa shape index (κ2) is 9.45. The van der Waals surface area contributed by atoms with Gasteiger partial charge in [0.25, 0.3) is 0 Å². The molecule has 8 heteroatoms. The minimum atomic E-state index is -3.19. The summed E-state index contributed by atoms with van der Waals surface area (Å²) in [5, 5.41) is 0. The molecule has 0 radical (unpaired) electrons. The Labute approximate surface area is 197 Å². The fourth-order valence-corrected chi connectivity index (χ4v) is 6.00. The lowest BCUT2D eigenvalue weighted by molar-refractivity contribution is -0.0812. The number of rotatable bonds is 5. The first-order valence-corrected chi connectivity index (χ1v) is 14.0. The number of piperidine rings is 1. The van der Waals surface area contributed by atoms with Crippen molar-refractivity contribution in [3.05, 3.63) is 24.3 Å². The molecule has 1 saturated carbocycles. The molecule has 1 amide bonds. The van der Waals surface area contributed by atoms with E-state index in [0.29, 0.717) is 10.6 Å². The molecule has 1 aliphatic carbocycles. The molecule has 0 N–H and O–H groups in total. The first kappa shape index (κ1) is 24.3. The number of carbonyl (C=O) groups excluding carboxylic acids is 1. The van der Waals surface area contributed by atoms with E-state index in [2.05, 4.69) is 0 Å². The number of hydrogen-bond acceptors (Lipinski definition) is 6. The Bertz CT molecular complexity index is 917. The number of ether oxygens (including phenoxy) is 3. The van der Waals surface area contributed by atoms with Crippen molar-refractivity contribution in [2.45, 2.75) is 113 Å². The molecule has 4 rings (SSSR count). The predicted octanol–water partition coefficient (Wildman–Crippen LogP) is 4.73. The summed E-state index contributed by atoms with van der Waals surface area (Å²) in [5.41, 5.74) is -0.472. The van der Waals surface area contributed by atoms with Crippen molar-refractivity contribution in [1.29, 1.82) is 0 Å². The van der Waals surface area contributed by atoms with Gasteiger partial charge in [0, 0.05) is 18.3 Å². The van der Waals surface area contributed by atoms with Crippen molar-refractivity contribution in [3.63, 3.8) is 0 Å². The van der Waals surface area contributed by atoms with Gasteiger partial charge in [-0.3, -0.25) is 0 Å². The van der Waals surface area contributed by atoms with E-state index in [1.165, 1.54) is 6.26 Å². The van der Waals surface area contributed by atoms with Gasteiger partial charge in [-0.2, -0.15) is 0 Å². The Kier molecular flexibility index (Phi) is 6.97. The van der Waals surface area contributed by atoms with Crippen LogP contribution in [-0.2, 0) is 19.3 Å². The minimum Gasteiger partial charge on any atom is -0.490 e. The first-order valence-electron chi connectivity index (χ1n) is 12.1. The molecule has 2 bridgehead atoms. The molecule has 7 nitrogen and oxygen atoms in total. The van der Waals surface area contributed by atoms with Crippen LogP contribution in [0, 0.1) is 0 Å². The van der Waals surface area contributed by atoms with Gasteiger partial charge in [-0.15, -0.1) is 0 Å². The zero-order valence-corrected chi connectivity index (χ0v) is 21.0. The lowest BCUT2D eigenvalue weighted by Crippen LogP contribution is -2.50. The highest BCUT2D eigenvalue weighted by Gasteiger charge is 2.45. The van der Waals surface area contributed by atoms with E-state index in [-0.39, 0.29) is 36.5 Å². The topological polar surface area (TPSA) is 82.1 Å². The second-order valence-corrected chi connectivity index (χ2v) is 12.8. The maximum absolute atomic E-state index is 12.6. The molecule has 3 aliphatic rings. The van der Waals surface area contributed by atoms with E-state index in [9.17, 15) is 13.2 Å². The molecular weight excluding hydrogens is 442 g/mol. The molecule has 1 aromatic rings. The van der Waals surface area contributed by atoms with Crippen LogP contribution in [0.3, 0.4) is 0 Å². The SMILES string of the molecule is CC(C)(C)OC(=O)N1C2CCC1CC(OC1CCC(Oc3ccc(S(C)(=O)=O)cc3)CC1)C2. The zero-order chi connectivity index (χ0) is 23.8. The molecule has 0 spiro atoms. The third-order valence-corrected chi connectivity index (χ3v) is 7.98. The standard InChI is InChI=1S/C25H37NO6S/c1-25(2,3)32-24(27)26-17-5-6-18(26)16-22(15-17)31-20-9-7-19(8-10-20)30-21-11-13-23(14-12-21)33(4,28)29/h11-14,17-20,22H,5-10,15-16H2,1-4H3. The number of hydrogen-bond donors (Lipinski definition) is 0. The van der Waals surface area contributed by atoms with Crippen LogP contribution in [0.4, 0.5) is 4.79 Å². The highest BCUT2D eigenvalue weighted by molar-refractivity contribution is 7.90. The molecule has 0 aromatic heterocycles. The van der Waals surface area contributed by atoms with Gasteiger partial charge in [0.1, 0.15) is 11.4 Å². The van der Waals surface area contributed by atoms with Gasteiger partial charge in [0.2, 0.25) is 0 Å². The highest BCUT2D eigenvalue weighted by Crippen LogP contribution is 2.39. The van der Waals surface area contributed by atoms with Gasteiger partial charge in [-0.1, -0.05) is 0 Å². The maximum atomic E-state index is 12.6. The molecule has 2 unspecified atom stereocenters. The van der Waals surface area contributed by atoms with Crippen molar-refractivity contribution in [3.8, 4) is 5.75 Å². The normalized spacial score (nSPS) is 30.2. The number of benzene rings is 1. The molecule has 184 valence electrons. The fraction of sp³-hybridized carbons (Fsp3) is 0.720. The number of amides is 1. The summed E-state index contributed by atoms with van der Waals surface area (Å²) in [4.78, 5) is 14.9. The summed E-state index contributed by atoms with van der Waals surface area (Å²) >= 11 is 0. The smallest absolute Gasteiger partial charge is 0.410 e. The average molecular weight is 480 g/mol. The second-order valence-electron chi connectivity index (χ2n) is 10.8. The van der Waals surface area contributed by atoms with Crippen LogP contribution in [0.15, 0.2) is 29.2 Å². The summed E-state index contributed by atoms with van der Waals surface area (Å²) in [6.45, 7) is 5.73. The van der Waals surface area contributed by atoms with Gasteiger partial charge in [-0.05, 0) is 96.4 Å². The van der Waals surface area contributed by atoms with Crippen LogP contribution >= 0.6 is 0 Å². The molecule has 1 aromatic carbocycles. The minimum absolute atomic E-state index is 0.124. The highest BCUT2D eigenvalue weighted by atomic mass is 32.2. The van der Waals surface area contributed by atoms with Gasteiger partial charge in [0.15, 0.2) is 9.84 Å². The fourth-order valence-electron chi connectivity index (χ4n) is 5.37. The van der Waals surface area contributed by atoms with Crippen molar-refractivity contribution < 1.29 is 27.4 Å². The van der Waals surface area contributed by atoms with Gasteiger partial charge in [-0.25, -0.2) is 13.2 Å². The Balaban J connectivity index is 1.23. The van der Waals surface area contributed by atoms with E-state index in [0.717, 1.165) is 51.4 Å². The summed E-state index contributed by atoms with van der Waals surface area (Å²) in [7, 11) is -3.19. The number of sulfone groups is 1. The van der Waals surface area contributed by atoms with Gasteiger partial charge in [0.05, 0.1) is 23.2 Å². The Morgan fingerprint density at radius 1 is 0.879 bits per heavy atom. The van der Waals surface area contributed by atoms with Crippen LogP contribution in [-0.4, -0.2) is 61.7 Å². The third kappa shape index (κ3) is 6.21. The van der Waals surface area contributed by atoms with Crippen molar-refractivity contribution >= 4 is 15.9 Å². The Morgan fingerprint density at radius 3 is 1.94 bits per heavy atom. The Hall–Kier alpha value is -1.80. The monoisotopic (exact) mass is 479 g/mol. The third-order valence-electron chi connectivity index (χ3n) is 6.85. The summed E-state index contributed by atoms with van der Waals surface area (Å²) in [6, 6.07) is 7.09. The maximum Gasteiger partial charge on any atom is 0.410 e. The van der Waals surface area contributed by atoms with Crippen molar-refractivity contribution in [2.75, 3.05) is 6.26 Å². The zero-order valence-electron chi connectivity index (χ0n) is 20.2. The predicted molar refractivity (Wildman–Crippen MR) is 125 cm³/mol. The number of carbonyl (C=O) groups is 1. The number of fused-ring (bicyclic) bond motifs is 2. The molecule has 2 saturated heterocycles.